The number of esters is 1. The predicted molar refractivity (Wildman–Crippen MR) is 140 cm³/mol. The standard InChI is InChI=1S/C27H36N4O6/c1-16(2)31-23(30(24(33)36-26(4,5)6)25(34)37-27(7,8)9)22(28-10)21(29-31)19-13-12-18(14-17(19)3)15-20(32)35-11/h12-14,16H,15H2,1-9,11H3. The number of anilines is 1. The van der Waals surface area contributed by atoms with Gasteiger partial charge in [-0.25, -0.2) is 14.4 Å². The number of amides is 2. The second-order valence-corrected chi connectivity index (χ2v) is 10.9. The molecular weight excluding hydrogens is 476 g/mol. The fourth-order valence-corrected chi connectivity index (χ4v) is 3.47. The predicted octanol–water partition coefficient (Wildman–Crippen LogP) is 6.38. The fraction of sp³-hybridized carbons (Fsp3) is 0.519. The molecule has 0 aliphatic rings. The third kappa shape index (κ3) is 7.32. The summed E-state index contributed by atoms with van der Waals surface area (Å²) in [5.41, 5.74) is 0.582. The first-order valence-corrected chi connectivity index (χ1v) is 11.9. The Balaban J connectivity index is 2.78. The van der Waals surface area contributed by atoms with E-state index in [1.807, 2.05) is 26.8 Å². The summed E-state index contributed by atoms with van der Waals surface area (Å²) in [6, 6.07) is 4.99. The van der Waals surface area contributed by atoms with Crippen LogP contribution >= 0.6 is 0 Å². The van der Waals surface area contributed by atoms with E-state index in [-0.39, 0.29) is 35.6 Å². The van der Waals surface area contributed by atoms with Gasteiger partial charge in [-0.15, -0.1) is 0 Å². The van der Waals surface area contributed by atoms with Gasteiger partial charge in [-0.3, -0.25) is 9.48 Å². The Bertz CT molecular complexity index is 1200. The van der Waals surface area contributed by atoms with Crippen LogP contribution in [0.2, 0.25) is 0 Å². The van der Waals surface area contributed by atoms with Gasteiger partial charge in [-0.05, 0) is 79.0 Å². The van der Waals surface area contributed by atoms with Gasteiger partial charge in [0.1, 0.15) is 16.9 Å². The number of rotatable bonds is 5. The largest absolute Gasteiger partial charge is 0.469 e. The molecule has 0 saturated carbocycles. The average molecular weight is 513 g/mol. The molecule has 0 saturated heterocycles. The molecule has 10 nitrogen and oxygen atoms in total. The summed E-state index contributed by atoms with van der Waals surface area (Å²) < 4.78 is 17.2. The number of ether oxygens (including phenoxy) is 3. The first kappa shape index (κ1) is 29.4. The maximum atomic E-state index is 13.3. The van der Waals surface area contributed by atoms with Crippen LogP contribution in [-0.2, 0) is 25.4 Å². The van der Waals surface area contributed by atoms with Crippen molar-refractivity contribution in [1.82, 2.24) is 9.78 Å². The molecule has 0 spiro atoms. The van der Waals surface area contributed by atoms with E-state index in [2.05, 4.69) is 9.94 Å². The van der Waals surface area contributed by atoms with Crippen molar-refractivity contribution in [3.8, 4) is 11.3 Å². The van der Waals surface area contributed by atoms with Gasteiger partial charge >= 0.3 is 18.2 Å². The lowest BCUT2D eigenvalue weighted by Gasteiger charge is -2.29. The molecule has 0 radical (unpaired) electrons. The molecule has 37 heavy (non-hydrogen) atoms. The zero-order valence-corrected chi connectivity index (χ0v) is 23.3. The van der Waals surface area contributed by atoms with E-state index in [4.69, 9.17) is 20.8 Å². The minimum Gasteiger partial charge on any atom is -0.469 e. The molecule has 0 bridgehead atoms. The van der Waals surface area contributed by atoms with E-state index in [1.54, 1.807) is 53.7 Å². The smallest absolute Gasteiger partial charge is 0.424 e. The first-order chi connectivity index (χ1) is 17.0. The summed E-state index contributed by atoms with van der Waals surface area (Å²) >= 11 is 0. The fourth-order valence-electron chi connectivity index (χ4n) is 3.47. The van der Waals surface area contributed by atoms with Crippen molar-refractivity contribution in [1.29, 1.82) is 0 Å². The number of carbonyl (C=O) groups is 3. The summed E-state index contributed by atoms with van der Waals surface area (Å²) in [5, 5.41) is 4.65. The summed E-state index contributed by atoms with van der Waals surface area (Å²) in [7, 11) is 1.33. The van der Waals surface area contributed by atoms with Crippen LogP contribution in [0.3, 0.4) is 0 Å². The molecule has 2 rings (SSSR count). The number of aromatic nitrogens is 2. The zero-order valence-electron chi connectivity index (χ0n) is 23.3. The lowest BCUT2D eigenvalue weighted by atomic mass is 10.0. The van der Waals surface area contributed by atoms with Crippen LogP contribution in [-0.4, -0.2) is 46.2 Å². The lowest BCUT2D eigenvalue weighted by molar-refractivity contribution is -0.139. The van der Waals surface area contributed by atoms with E-state index in [9.17, 15) is 14.4 Å². The van der Waals surface area contributed by atoms with E-state index in [0.717, 1.165) is 16.0 Å². The van der Waals surface area contributed by atoms with Gasteiger partial charge in [-0.1, -0.05) is 18.2 Å². The Hall–Kier alpha value is -3.87. The molecule has 2 aromatic rings. The molecule has 2 amide bonds. The highest BCUT2D eigenvalue weighted by molar-refractivity contribution is 6.12. The Kier molecular flexibility index (Phi) is 8.75. The van der Waals surface area contributed by atoms with E-state index < -0.39 is 23.4 Å². The monoisotopic (exact) mass is 512 g/mol. The quantitative estimate of drug-likeness (QED) is 0.260. The van der Waals surface area contributed by atoms with Crippen molar-refractivity contribution in [2.45, 2.75) is 86.0 Å². The van der Waals surface area contributed by atoms with Gasteiger partial charge in [0.15, 0.2) is 5.82 Å². The Morgan fingerprint density at radius 1 is 1.05 bits per heavy atom. The van der Waals surface area contributed by atoms with Crippen molar-refractivity contribution < 1.29 is 28.6 Å². The summed E-state index contributed by atoms with van der Waals surface area (Å²) in [5.74, 6) is -0.410. The van der Waals surface area contributed by atoms with Crippen LogP contribution in [0.5, 0.6) is 0 Å². The van der Waals surface area contributed by atoms with Crippen LogP contribution < -0.4 is 4.90 Å². The van der Waals surface area contributed by atoms with E-state index in [1.165, 1.54) is 11.8 Å². The molecule has 0 fully saturated rings. The van der Waals surface area contributed by atoms with Gasteiger partial charge in [0.05, 0.1) is 20.1 Å². The Morgan fingerprint density at radius 3 is 2.00 bits per heavy atom. The van der Waals surface area contributed by atoms with Crippen molar-refractivity contribution in [2.24, 2.45) is 0 Å². The number of imide groups is 1. The second-order valence-electron chi connectivity index (χ2n) is 10.9. The third-order valence-corrected chi connectivity index (χ3v) is 4.95. The van der Waals surface area contributed by atoms with Crippen molar-refractivity contribution in [3.63, 3.8) is 0 Å². The van der Waals surface area contributed by atoms with Gasteiger partial charge in [0, 0.05) is 6.04 Å². The van der Waals surface area contributed by atoms with Crippen molar-refractivity contribution >= 4 is 29.7 Å². The van der Waals surface area contributed by atoms with E-state index in [0.29, 0.717) is 5.56 Å². The molecule has 0 aliphatic heterocycles. The first-order valence-electron chi connectivity index (χ1n) is 11.9. The molecule has 1 aromatic carbocycles. The van der Waals surface area contributed by atoms with Crippen LogP contribution in [0.15, 0.2) is 18.2 Å². The highest BCUT2D eigenvalue weighted by Crippen LogP contribution is 2.42. The maximum absolute atomic E-state index is 13.3. The molecule has 0 N–H and O–H groups in total. The summed E-state index contributed by atoms with van der Waals surface area (Å²) in [4.78, 5) is 42.8. The van der Waals surface area contributed by atoms with Crippen molar-refractivity contribution in [2.75, 3.05) is 12.0 Å². The lowest BCUT2D eigenvalue weighted by Crippen LogP contribution is -2.44. The second kappa shape index (κ2) is 11.0. The molecule has 1 heterocycles. The third-order valence-electron chi connectivity index (χ3n) is 4.95. The minimum absolute atomic E-state index is 0.00534. The highest BCUT2D eigenvalue weighted by atomic mass is 16.6. The number of benzene rings is 1. The molecule has 1 aromatic heterocycles. The van der Waals surface area contributed by atoms with Gasteiger partial charge in [-0.2, -0.15) is 10.00 Å². The SMILES string of the molecule is [C-]#[N+]c1c(-c2ccc(CC(=O)OC)cc2C)nn(C(C)C)c1N(C(=O)OC(C)(C)C)C(=O)OC(C)(C)C. The number of hydrogen-bond donors (Lipinski definition) is 0. The Labute approximate surface area is 218 Å². The number of aryl methyl sites for hydroxylation is 1. The average Bonchev–Trinajstić information content (AvgIpc) is 3.10. The minimum atomic E-state index is -0.981. The van der Waals surface area contributed by atoms with Crippen LogP contribution in [0.4, 0.5) is 21.1 Å². The van der Waals surface area contributed by atoms with Crippen LogP contribution in [0.1, 0.15) is 72.6 Å². The summed E-state index contributed by atoms with van der Waals surface area (Å²) in [6.45, 7) is 23.5. The molecule has 0 aliphatic carbocycles. The van der Waals surface area contributed by atoms with Crippen LogP contribution in [0, 0.1) is 13.5 Å². The molecule has 200 valence electrons. The van der Waals surface area contributed by atoms with Gasteiger partial charge in [0.25, 0.3) is 5.69 Å². The summed E-state index contributed by atoms with van der Waals surface area (Å²) in [6.07, 6.45) is -1.86. The van der Waals surface area contributed by atoms with Gasteiger partial charge in [0.2, 0.25) is 0 Å². The molecule has 0 atom stereocenters. The topological polar surface area (TPSA) is 104 Å². The number of carbonyl (C=O) groups excluding carboxylic acids is 3. The molecule has 0 unspecified atom stereocenters. The normalized spacial score (nSPS) is 11.6. The van der Waals surface area contributed by atoms with Crippen LogP contribution in [0.25, 0.3) is 16.1 Å². The zero-order chi connectivity index (χ0) is 28.3. The number of hydrogen-bond acceptors (Lipinski definition) is 7. The van der Waals surface area contributed by atoms with Crippen molar-refractivity contribution in [3.05, 3.63) is 40.7 Å². The molecule has 10 heteroatoms. The maximum Gasteiger partial charge on any atom is 0.424 e. The van der Waals surface area contributed by atoms with E-state index >= 15 is 0 Å². The molecular formula is C27H36N4O6. The Morgan fingerprint density at radius 2 is 1.59 bits per heavy atom. The number of methoxy groups -OCH3 is 1. The van der Waals surface area contributed by atoms with Gasteiger partial charge < -0.3 is 14.2 Å². The number of nitrogens with zero attached hydrogens (tertiary/aromatic N) is 4. The highest BCUT2D eigenvalue weighted by Gasteiger charge is 2.38.